The summed E-state index contributed by atoms with van der Waals surface area (Å²) in [6.07, 6.45) is 3.98. The molecule has 1 fully saturated rings. The van der Waals surface area contributed by atoms with Gasteiger partial charge in [-0.1, -0.05) is 34.0 Å². The van der Waals surface area contributed by atoms with E-state index in [1.165, 1.54) is 24.8 Å². The molecule has 0 spiro atoms. The first-order chi connectivity index (χ1) is 7.22. The molecule has 0 amide bonds. The molecule has 82 valence electrons. The fraction of sp³-hybridized carbons (Fsp3) is 0.500. The van der Waals surface area contributed by atoms with Crippen LogP contribution in [-0.4, -0.2) is 7.05 Å². The molecule has 0 aromatic heterocycles. The van der Waals surface area contributed by atoms with Crippen LogP contribution in [0.15, 0.2) is 22.7 Å². The largest absolute Gasteiger partial charge is 0.313 e. The Labute approximate surface area is 104 Å². The second kappa shape index (κ2) is 4.86. The van der Waals surface area contributed by atoms with Crippen LogP contribution >= 0.6 is 27.5 Å². The first kappa shape index (κ1) is 11.4. The van der Waals surface area contributed by atoms with Crippen LogP contribution in [0, 0.1) is 5.92 Å². The van der Waals surface area contributed by atoms with Crippen molar-refractivity contribution in [2.24, 2.45) is 5.92 Å². The molecule has 1 aromatic carbocycles. The number of benzene rings is 1. The molecule has 1 N–H and O–H groups in total. The van der Waals surface area contributed by atoms with E-state index in [2.05, 4.69) is 27.3 Å². The normalized spacial score (nSPS) is 18.6. The van der Waals surface area contributed by atoms with E-state index >= 15 is 0 Å². The highest BCUT2D eigenvalue weighted by Crippen LogP contribution is 2.40. The Kier molecular flexibility index (Phi) is 3.70. The van der Waals surface area contributed by atoms with Crippen LogP contribution in [-0.2, 0) is 0 Å². The lowest BCUT2D eigenvalue weighted by Gasteiger charge is -2.34. The minimum absolute atomic E-state index is 0.406. The van der Waals surface area contributed by atoms with Gasteiger partial charge < -0.3 is 5.32 Å². The third-order valence-corrected chi connectivity index (χ3v) is 4.06. The minimum atomic E-state index is 0.406. The summed E-state index contributed by atoms with van der Waals surface area (Å²) in [4.78, 5) is 0. The van der Waals surface area contributed by atoms with Gasteiger partial charge in [-0.25, -0.2) is 0 Å². The first-order valence-corrected chi connectivity index (χ1v) is 6.51. The summed E-state index contributed by atoms with van der Waals surface area (Å²) in [6.45, 7) is 0. The maximum absolute atomic E-state index is 6.23. The predicted molar refractivity (Wildman–Crippen MR) is 68.3 cm³/mol. The molecule has 0 bridgehead atoms. The van der Waals surface area contributed by atoms with Crippen LogP contribution in [0.2, 0.25) is 5.02 Å². The van der Waals surface area contributed by atoms with Crippen molar-refractivity contribution in [1.82, 2.24) is 5.32 Å². The lowest BCUT2D eigenvalue weighted by molar-refractivity contribution is 0.239. The first-order valence-electron chi connectivity index (χ1n) is 5.34. The molecule has 1 unspecified atom stereocenters. The molecule has 0 aliphatic heterocycles. The zero-order valence-corrected chi connectivity index (χ0v) is 11.1. The van der Waals surface area contributed by atoms with Crippen molar-refractivity contribution in [2.45, 2.75) is 25.3 Å². The van der Waals surface area contributed by atoms with E-state index in [-0.39, 0.29) is 0 Å². The molecular weight excluding hydrogens is 273 g/mol. The zero-order valence-electron chi connectivity index (χ0n) is 8.76. The Morgan fingerprint density at radius 2 is 2.20 bits per heavy atom. The van der Waals surface area contributed by atoms with Gasteiger partial charge in [0.1, 0.15) is 0 Å². The van der Waals surface area contributed by atoms with E-state index in [1.54, 1.807) is 0 Å². The third kappa shape index (κ3) is 2.38. The number of nitrogens with one attached hydrogen (secondary N) is 1. The van der Waals surface area contributed by atoms with Gasteiger partial charge >= 0.3 is 0 Å². The van der Waals surface area contributed by atoms with E-state index in [4.69, 9.17) is 11.6 Å². The van der Waals surface area contributed by atoms with Crippen molar-refractivity contribution < 1.29 is 0 Å². The van der Waals surface area contributed by atoms with Gasteiger partial charge in [-0.2, -0.15) is 0 Å². The summed E-state index contributed by atoms with van der Waals surface area (Å²) in [6, 6.07) is 6.48. The van der Waals surface area contributed by atoms with Crippen LogP contribution in [0.5, 0.6) is 0 Å². The second-order valence-electron chi connectivity index (χ2n) is 4.12. The fourth-order valence-electron chi connectivity index (χ4n) is 2.17. The van der Waals surface area contributed by atoms with E-state index in [0.29, 0.717) is 6.04 Å². The van der Waals surface area contributed by atoms with E-state index in [9.17, 15) is 0 Å². The van der Waals surface area contributed by atoms with Gasteiger partial charge in [-0.05, 0) is 49.6 Å². The summed E-state index contributed by atoms with van der Waals surface area (Å²) < 4.78 is 1.10. The van der Waals surface area contributed by atoms with Gasteiger partial charge in [-0.3, -0.25) is 0 Å². The van der Waals surface area contributed by atoms with E-state index < -0.39 is 0 Å². The van der Waals surface area contributed by atoms with Gasteiger partial charge in [0, 0.05) is 15.5 Å². The maximum atomic E-state index is 6.23. The lowest BCUT2D eigenvalue weighted by atomic mass is 9.77. The third-order valence-electron chi connectivity index (χ3n) is 3.23. The highest BCUT2D eigenvalue weighted by Gasteiger charge is 2.28. The molecule has 1 aromatic rings. The molecule has 0 saturated heterocycles. The lowest BCUT2D eigenvalue weighted by Crippen LogP contribution is -2.29. The Morgan fingerprint density at radius 1 is 1.47 bits per heavy atom. The smallest absolute Gasteiger partial charge is 0.0454 e. The van der Waals surface area contributed by atoms with Crippen molar-refractivity contribution in [3.8, 4) is 0 Å². The number of halogens is 2. The number of hydrogen-bond acceptors (Lipinski definition) is 1. The molecule has 0 heterocycles. The highest BCUT2D eigenvalue weighted by atomic mass is 79.9. The monoisotopic (exact) mass is 287 g/mol. The van der Waals surface area contributed by atoms with Crippen LogP contribution in [0.4, 0.5) is 0 Å². The molecule has 0 radical (unpaired) electrons. The van der Waals surface area contributed by atoms with Crippen LogP contribution in [0.1, 0.15) is 30.9 Å². The number of hydrogen-bond donors (Lipinski definition) is 1. The molecule has 1 aliphatic carbocycles. The van der Waals surface area contributed by atoms with Gasteiger partial charge in [-0.15, -0.1) is 0 Å². The Hall–Kier alpha value is -0.0500. The van der Waals surface area contributed by atoms with Crippen molar-refractivity contribution in [1.29, 1.82) is 0 Å². The molecule has 1 nitrogen and oxygen atoms in total. The van der Waals surface area contributed by atoms with Crippen molar-refractivity contribution in [2.75, 3.05) is 7.05 Å². The Balaban J connectivity index is 2.28. The van der Waals surface area contributed by atoms with Crippen LogP contribution in [0.3, 0.4) is 0 Å². The highest BCUT2D eigenvalue weighted by molar-refractivity contribution is 9.10. The second-order valence-corrected chi connectivity index (χ2v) is 5.45. The standard InChI is InChI=1S/C12H15BrClN/c1-15-12(8-3-2-4-8)10-7-9(13)5-6-11(10)14/h5-8,12,15H,2-4H2,1H3. The van der Waals surface area contributed by atoms with E-state index in [1.807, 2.05) is 19.2 Å². The van der Waals surface area contributed by atoms with Crippen molar-refractivity contribution in [3.63, 3.8) is 0 Å². The van der Waals surface area contributed by atoms with Crippen molar-refractivity contribution >= 4 is 27.5 Å². The quantitative estimate of drug-likeness (QED) is 0.880. The van der Waals surface area contributed by atoms with Gasteiger partial charge in [0.25, 0.3) is 0 Å². The average molecular weight is 289 g/mol. The van der Waals surface area contributed by atoms with Crippen LogP contribution in [0.25, 0.3) is 0 Å². The van der Waals surface area contributed by atoms with E-state index in [0.717, 1.165) is 15.4 Å². The van der Waals surface area contributed by atoms with Crippen molar-refractivity contribution in [3.05, 3.63) is 33.3 Å². The molecular formula is C12H15BrClN. The van der Waals surface area contributed by atoms with Crippen LogP contribution < -0.4 is 5.32 Å². The summed E-state index contributed by atoms with van der Waals surface area (Å²) in [5.41, 5.74) is 1.22. The molecule has 1 saturated carbocycles. The Morgan fingerprint density at radius 3 is 2.73 bits per heavy atom. The maximum Gasteiger partial charge on any atom is 0.0454 e. The SMILES string of the molecule is CNC(c1cc(Br)ccc1Cl)C1CCC1. The summed E-state index contributed by atoms with van der Waals surface area (Å²) in [5, 5.41) is 4.25. The predicted octanol–water partition coefficient (Wildman–Crippen LogP) is 4.16. The van der Waals surface area contributed by atoms with Gasteiger partial charge in [0.15, 0.2) is 0 Å². The fourth-order valence-corrected chi connectivity index (χ4v) is 2.79. The average Bonchev–Trinajstić information content (AvgIpc) is 2.15. The number of rotatable bonds is 3. The van der Waals surface area contributed by atoms with Gasteiger partial charge in [0.05, 0.1) is 0 Å². The molecule has 15 heavy (non-hydrogen) atoms. The topological polar surface area (TPSA) is 12.0 Å². The summed E-state index contributed by atoms with van der Waals surface area (Å²) in [5.74, 6) is 0.752. The minimum Gasteiger partial charge on any atom is -0.313 e. The summed E-state index contributed by atoms with van der Waals surface area (Å²) in [7, 11) is 2.01. The molecule has 1 aliphatic rings. The molecule has 2 rings (SSSR count). The molecule has 1 atom stereocenters. The van der Waals surface area contributed by atoms with Gasteiger partial charge in [0.2, 0.25) is 0 Å². The summed E-state index contributed by atoms with van der Waals surface area (Å²) >= 11 is 9.73. The zero-order chi connectivity index (χ0) is 10.8. The molecule has 3 heteroatoms. The Bertz CT molecular complexity index is 349.